The van der Waals surface area contributed by atoms with Crippen LogP contribution in [-0.4, -0.2) is 19.5 Å². The van der Waals surface area contributed by atoms with E-state index < -0.39 is 35.2 Å². The Kier molecular flexibility index (Phi) is 3.27. The zero-order chi connectivity index (χ0) is 14.3. The van der Waals surface area contributed by atoms with Crippen molar-refractivity contribution in [3.8, 4) is 11.4 Å². The molecular weight excluding hydrogens is 287 g/mol. The minimum atomic E-state index is -2.98. The zero-order valence-corrected chi connectivity index (χ0v) is 10.2. The van der Waals surface area contributed by atoms with Gasteiger partial charge in [-0.1, -0.05) is 11.6 Å². The Bertz CT molecular complexity index is 696. The standard InChI is InChI=1S/C10H7ClF3N3O2/c1-16-9(8(13)14)15-17(10(16)19)6-3-7(18)4(11)2-5(6)12/h2-3,8,18H,1H3. The van der Waals surface area contributed by atoms with Gasteiger partial charge in [0.05, 0.1) is 5.02 Å². The van der Waals surface area contributed by atoms with Crippen molar-refractivity contribution in [1.82, 2.24) is 14.3 Å². The molecule has 0 aliphatic heterocycles. The smallest absolute Gasteiger partial charge is 0.350 e. The van der Waals surface area contributed by atoms with Gasteiger partial charge >= 0.3 is 5.69 Å². The Hall–Kier alpha value is -1.96. The maximum atomic E-state index is 13.6. The molecule has 1 heterocycles. The largest absolute Gasteiger partial charge is 0.506 e. The quantitative estimate of drug-likeness (QED) is 0.921. The predicted octanol–water partition coefficient (Wildman–Crippen LogP) is 2.01. The van der Waals surface area contributed by atoms with Crippen LogP contribution in [0.2, 0.25) is 5.02 Å². The minimum absolute atomic E-state index is 0.265. The molecule has 102 valence electrons. The third kappa shape index (κ3) is 2.19. The highest BCUT2D eigenvalue weighted by molar-refractivity contribution is 6.32. The molecule has 0 amide bonds. The maximum absolute atomic E-state index is 13.6. The van der Waals surface area contributed by atoms with Crippen LogP contribution in [0.5, 0.6) is 5.75 Å². The number of phenolic OH excluding ortho intramolecular Hbond substituents is 1. The second-order valence-electron chi connectivity index (χ2n) is 3.67. The highest BCUT2D eigenvalue weighted by atomic mass is 35.5. The van der Waals surface area contributed by atoms with Crippen molar-refractivity contribution in [3.63, 3.8) is 0 Å². The van der Waals surface area contributed by atoms with E-state index in [1.807, 2.05) is 0 Å². The number of hydrogen-bond acceptors (Lipinski definition) is 3. The molecule has 0 radical (unpaired) electrons. The van der Waals surface area contributed by atoms with Crippen molar-refractivity contribution in [3.05, 3.63) is 39.3 Å². The molecular formula is C10H7ClF3N3O2. The highest BCUT2D eigenvalue weighted by Gasteiger charge is 2.21. The van der Waals surface area contributed by atoms with Gasteiger partial charge < -0.3 is 5.11 Å². The normalized spacial score (nSPS) is 11.3. The molecule has 0 fully saturated rings. The zero-order valence-electron chi connectivity index (χ0n) is 9.44. The van der Waals surface area contributed by atoms with E-state index in [1.165, 1.54) is 0 Å². The molecule has 5 nitrogen and oxygen atoms in total. The third-order valence-electron chi connectivity index (χ3n) is 2.45. The van der Waals surface area contributed by atoms with E-state index in [2.05, 4.69) is 5.10 Å². The summed E-state index contributed by atoms with van der Waals surface area (Å²) in [7, 11) is 1.08. The fraction of sp³-hybridized carbons (Fsp3) is 0.200. The number of hydrogen-bond donors (Lipinski definition) is 1. The SMILES string of the molecule is Cn1c(C(F)F)nn(-c2cc(O)c(Cl)cc2F)c1=O. The average Bonchev–Trinajstić information content (AvgIpc) is 2.62. The van der Waals surface area contributed by atoms with Crippen LogP contribution < -0.4 is 5.69 Å². The van der Waals surface area contributed by atoms with E-state index in [0.717, 1.165) is 19.2 Å². The number of aromatic nitrogens is 3. The van der Waals surface area contributed by atoms with Crippen LogP contribution in [0.4, 0.5) is 13.2 Å². The number of nitrogens with zero attached hydrogens (tertiary/aromatic N) is 3. The fourth-order valence-corrected chi connectivity index (χ4v) is 1.64. The van der Waals surface area contributed by atoms with Gasteiger partial charge in [-0.15, -0.1) is 5.10 Å². The van der Waals surface area contributed by atoms with Crippen molar-refractivity contribution in [1.29, 1.82) is 0 Å². The summed E-state index contributed by atoms with van der Waals surface area (Å²) in [5, 5.41) is 12.4. The van der Waals surface area contributed by atoms with Crippen LogP contribution in [-0.2, 0) is 7.05 Å². The molecule has 0 aliphatic carbocycles. The lowest BCUT2D eigenvalue weighted by atomic mass is 10.3. The molecule has 0 aliphatic rings. The lowest BCUT2D eigenvalue weighted by Crippen LogP contribution is -2.22. The topological polar surface area (TPSA) is 60.1 Å². The Morgan fingerprint density at radius 1 is 1.42 bits per heavy atom. The van der Waals surface area contributed by atoms with Crippen molar-refractivity contribution in [2.24, 2.45) is 7.05 Å². The number of rotatable bonds is 2. The van der Waals surface area contributed by atoms with E-state index >= 15 is 0 Å². The second-order valence-corrected chi connectivity index (χ2v) is 4.07. The summed E-state index contributed by atoms with van der Waals surface area (Å²) in [4.78, 5) is 11.7. The number of aromatic hydroxyl groups is 1. The first-order chi connectivity index (χ1) is 8.82. The summed E-state index contributed by atoms with van der Waals surface area (Å²) >= 11 is 5.48. The van der Waals surface area contributed by atoms with E-state index in [9.17, 15) is 23.1 Å². The van der Waals surface area contributed by atoms with E-state index in [-0.39, 0.29) is 5.02 Å². The van der Waals surface area contributed by atoms with Crippen LogP contribution >= 0.6 is 11.6 Å². The van der Waals surface area contributed by atoms with Crippen molar-refractivity contribution in [2.75, 3.05) is 0 Å². The lowest BCUT2D eigenvalue weighted by molar-refractivity contribution is 0.136. The molecule has 19 heavy (non-hydrogen) atoms. The summed E-state index contributed by atoms with van der Waals surface area (Å²) in [6.07, 6.45) is -2.98. The van der Waals surface area contributed by atoms with E-state index in [1.54, 1.807) is 0 Å². The minimum Gasteiger partial charge on any atom is -0.506 e. The van der Waals surface area contributed by atoms with Crippen LogP contribution in [0, 0.1) is 5.82 Å². The van der Waals surface area contributed by atoms with Crippen molar-refractivity contribution < 1.29 is 18.3 Å². The van der Waals surface area contributed by atoms with Crippen molar-refractivity contribution in [2.45, 2.75) is 6.43 Å². The summed E-state index contributed by atoms with van der Waals surface area (Å²) in [6.45, 7) is 0. The lowest BCUT2D eigenvalue weighted by Gasteiger charge is -2.03. The van der Waals surface area contributed by atoms with Crippen LogP contribution in [0.25, 0.3) is 5.69 Å². The Morgan fingerprint density at radius 2 is 2.05 bits per heavy atom. The molecule has 1 aromatic heterocycles. The predicted molar refractivity (Wildman–Crippen MR) is 60.4 cm³/mol. The summed E-state index contributed by atoms with van der Waals surface area (Å²) in [5.74, 6) is -2.27. The van der Waals surface area contributed by atoms with Gasteiger partial charge in [-0.25, -0.2) is 18.0 Å². The van der Waals surface area contributed by atoms with Gasteiger partial charge in [0, 0.05) is 13.1 Å². The number of halogens is 4. The van der Waals surface area contributed by atoms with Crippen molar-refractivity contribution >= 4 is 11.6 Å². The summed E-state index contributed by atoms with van der Waals surface area (Å²) in [6, 6.07) is 1.59. The van der Waals surface area contributed by atoms with Gasteiger partial charge in [0.15, 0.2) is 5.82 Å². The average molecular weight is 294 g/mol. The molecule has 0 bridgehead atoms. The van der Waals surface area contributed by atoms with Gasteiger partial charge in [-0.05, 0) is 6.07 Å². The summed E-state index contributed by atoms with van der Waals surface area (Å²) in [5.41, 5.74) is -1.43. The monoisotopic (exact) mass is 293 g/mol. The first-order valence-corrected chi connectivity index (χ1v) is 5.33. The van der Waals surface area contributed by atoms with Gasteiger partial charge in [0.1, 0.15) is 11.4 Å². The molecule has 0 atom stereocenters. The molecule has 0 unspecified atom stereocenters. The number of phenols is 1. The molecule has 1 N–H and O–H groups in total. The van der Waals surface area contributed by atoms with Crippen LogP contribution in [0.15, 0.2) is 16.9 Å². The summed E-state index contributed by atoms with van der Waals surface area (Å²) < 4.78 is 39.8. The first kappa shape index (κ1) is 13.5. The highest BCUT2D eigenvalue weighted by Crippen LogP contribution is 2.27. The Balaban J connectivity index is 2.70. The number of benzene rings is 1. The molecule has 1 aromatic carbocycles. The second kappa shape index (κ2) is 4.61. The Labute approximate surface area is 109 Å². The molecule has 0 saturated heterocycles. The van der Waals surface area contributed by atoms with E-state index in [0.29, 0.717) is 9.25 Å². The van der Waals surface area contributed by atoms with Crippen LogP contribution in [0.3, 0.4) is 0 Å². The molecule has 0 spiro atoms. The van der Waals surface area contributed by atoms with Gasteiger partial charge in [0.2, 0.25) is 5.82 Å². The van der Waals surface area contributed by atoms with Gasteiger partial charge in [0.25, 0.3) is 6.43 Å². The molecule has 2 rings (SSSR count). The molecule has 9 heteroatoms. The van der Waals surface area contributed by atoms with Gasteiger partial charge in [-0.3, -0.25) is 4.57 Å². The number of alkyl halides is 2. The van der Waals surface area contributed by atoms with Crippen LogP contribution in [0.1, 0.15) is 12.2 Å². The first-order valence-electron chi connectivity index (χ1n) is 4.95. The third-order valence-corrected chi connectivity index (χ3v) is 2.76. The fourth-order valence-electron chi connectivity index (χ4n) is 1.49. The molecule has 2 aromatic rings. The van der Waals surface area contributed by atoms with E-state index in [4.69, 9.17) is 11.6 Å². The van der Waals surface area contributed by atoms with Gasteiger partial charge in [-0.2, -0.15) is 4.68 Å². The Morgan fingerprint density at radius 3 is 2.58 bits per heavy atom. The molecule has 0 saturated carbocycles. The maximum Gasteiger partial charge on any atom is 0.350 e.